The first-order valence-corrected chi connectivity index (χ1v) is 5.30. The van der Waals surface area contributed by atoms with Gasteiger partial charge in [-0.25, -0.2) is 0 Å². The molecule has 0 spiro atoms. The molecule has 0 saturated carbocycles. The number of hydrogen-bond donors (Lipinski definition) is 0. The highest BCUT2D eigenvalue weighted by Gasteiger charge is 2.13. The normalized spacial score (nSPS) is 10.0. The molecule has 3 heteroatoms. The second-order valence-electron chi connectivity index (χ2n) is 3.03. The molecular formula is C11H13BrO2. The van der Waals surface area contributed by atoms with Crippen molar-refractivity contribution in [2.24, 2.45) is 0 Å². The molecule has 0 radical (unpaired) electrons. The van der Waals surface area contributed by atoms with Crippen molar-refractivity contribution in [3.8, 4) is 5.75 Å². The Bertz CT molecular complexity index is 359. The molecule has 0 atom stereocenters. The molecule has 1 aromatic rings. The molecule has 0 fully saturated rings. The van der Waals surface area contributed by atoms with Crippen LogP contribution in [-0.4, -0.2) is 12.4 Å². The maximum atomic E-state index is 11.4. The van der Waals surface area contributed by atoms with Crippen molar-refractivity contribution in [1.82, 2.24) is 0 Å². The van der Waals surface area contributed by atoms with Gasteiger partial charge in [0.25, 0.3) is 0 Å². The average molecular weight is 257 g/mol. The van der Waals surface area contributed by atoms with E-state index in [4.69, 9.17) is 4.74 Å². The van der Waals surface area contributed by atoms with Crippen molar-refractivity contribution in [3.05, 3.63) is 27.7 Å². The van der Waals surface area contributed by atoms with Crippen LogP contribution in [0.4, 0.5) is 0 Å². The van der Waals surface area contributed by atoms with Crippen molar-refractivity contribution in [2.75, 3.05) is 6.61 Å². The van der Waals surface area contributed by atoms with Gasteiger partial charge in [-0.2, -0.15) is 0 Å². The number of Topliss-reactive ketones (excluding diaryl/α,β-unsaturated/α-hetero) is 1. The van der Waals surface area contributed by atoms with Crippen LogP contribution in [-0.2, 0) is 0 Å². The predicted molar refractivity (Wildman–Crippen MR) is 60.1 cm³/mol. The molecule has 0 amide bonds. The number of ether oxygens (including phenoxy) is 1. The lowest BCUT2D eigenvalue weighted by Crippen LogP contribution is -2.03. The molecule has 14 heavy (non-hydrogen) atoms. The quantitative estimate of drug-likeness (QED) is 0.776. The lowest BCUT2D eigenvalue weighted by atomic mass is 10.0. The minimum Gasteiger partial charge on any atom is -0.493 e. The highest BCUT2D eigenvalue weighted by molar-refractivity contribution is 9.10. The highest BCUT2D eigenvalue weighted by atomic mass is 79.9. The minimum atomic E-state index is 0.0345. The number of carbonyl (C=O) groups is 1. The Morgan fingerprint density at radius 2 is 2.14 bits per heavy atom. The van der Waals surface area contributed by atoms with Gasteiger partial charge in [0.1, 0.15) is 5.75 Å². The van der Waals surface area contributed by atoms with Gasteiger partial charge in [-0.1, -0.05) is 15.9 Å². The Morgan fingerprint density at radius 3 is 2.64 bits per heavy atom. The average Bonchev–Trinajstić information content (AvgIpc) is 2.11. The maximum absolute atomic E-state index is 11.4. The predicted octanol–water partition coefficient (Wildman–Crippen LogP) is 3.36. The monoisotopic (exact) mass is 256 g/mol. The lowest BCUT2D eigenvalue weighted by Gasteiger charge is -2.11. The van der Waals surface area contributed by atoms with E-state index in [9.17, 15) is 4.79 Å². The molecule has 1 rings (SSSR count). The summed E-state index contributed by atoms with van der Waals surface area (Å²) in [5.41, 5.74) is 1.60. The molecule has 0 aliphatic heterocycles. The first kappa shape index (κ1) is 11.2. The van der Waals surface area contributed by atoms with E-state index >= 15 is 0 Å². The Hall–Kier alpha value is -0.830. The fourth-order valence-corrected chi connectivity index (χ4v) is 1.71. The summed E-state index contributed by atoms with van der Waals surface area (Å²) in [4.78, 5) is 11.4. The standard InChI is InChI=1S/C11H13BrO2/c1-4-14-10-6-5-9(12)7(2)11(10)8(3)13/h5-6H,4H2,1-3H3. The topological polar surface area (TPSA) is 26.3 Å². The number of hydrogen-bond acceptors (Lipinski definition) is 2. The van der Waals surface area contributed by atoms with Crippen LogP contribution in [0.15, 0.2) is 16.6 Å². The largest absolute Gasteiger partial charge is 0.493 e. The highest BCUT2D eigenvalue weighted by Crippen LogP contribution is 2.28. The van der Waals surface area contributed by atoms with Gasteiger partial charge in [0.05, 0.1) is 12.2 Å². The van der Waals surface area contributed by atoms with Crippen molar-refractivity contribution in [1.29, 1.82) is 0 Å². The summed E-state index contributed by atoms with van der Waals surface area (Å²) in [5.74, 6) is 0.702. The second-order valence-corrected chi connectivity index (χ2v) is 3.89. The summed E-state index contributed by atoms with van der Waals surface area (Å²) >= 11 is 3.39. The van der Waals surface area contributed by atoms with E-state index in [0.717, 1.165) is 10.0 Å². The number of carbonyl (C=O) groups excluding carboxylic acids is 1. The Balaban J connectivity index is 3.30. The third-order valence-corrected chi connectivity index (χ3v) is 2.87. The van der Waals surface area contributed by atoms with Crippen LogP contribution in [0.25, 0.3) is 0 Å². The Labute approximate surface area is 92.4 Å². The maximum Gasteiger partial charge on any atom is 0.163 e. The van der Waals surface area contributed by atoms with Gasteiger partial charge in [0.15, 0.2) is 5.78 Å². The van der Waals surface area contributed by atoms with E-state index in [2.05, 4.69) is 15.9 Å². The van der Waals surface area contributed by atoms with Crippen LogP contribution >= 0.6 is 15.9 Å². The fourth-order valence-electron chi connectivity index (χ4n) is 1.37. The van der Waals surface area contributed by atoms with Gasteiger partial charge in [0, 0.05) is 4.47 Å². The number of rotatable bonds is 3. The molecule has 1 aromatic carbocycles. The number of ketones is 1. The van der Waals surface area contributed by atoms with Gasteiger partial charge in [-0.3, -0.25) is 4.79 Å². The first-order chi connectivity index (χ1) is 6.57. The van der Waals surface area contributed by atoms with Crippen LogP contribution in [0.1, 0.15) is 29.8 Å². The molecule has 0 heterocycles. The molecule has 0 aliphatic carbocycles. The van der Waals surface area contributed by atoms with Gasteiger partial charge in [0.2, 0.25) is 0 Å². The van der Waals surface area contributed by atoms with E-state index in [1.54, 1.807) is 6.92 Å². The SMILES string of the molecule is CCOc1ccc(Br)c(C)c1C(C)=O. The van der Waals surface area contributed by atoms with Crippen LogP contribution in [0.5, 0.6) is 5.75 Å². The summed E-state index contributed by atoms with van der Waals surface area (Å²) in [6.07, 6.45) is 0. The molecular weight excluding hydrogens is 244 g/mol. The van der Waals surface area contributed by atoms with Crippen LogP contribution in [0, 0.1) is 6.92 Å². The molecule has 0 saturated heterocycles. The fraction of sp³-hybridized carbons (Fsp3) is 0.364. The summed E-state index contributed by atoms with van der Waals surface area (Å²) in [5, 5.41) is 0. The van der Waals surface area contributed by atoms with Gasteiger partial charge < -0.3 is 4.74 Å². The zero-order valence-electron chi connectivity index (χ0n) is 8.56. The minimum absolute atomic E-state index is 0.0345. The zero-order chi connectivity index (χ0) is 10.7. The van der Waals surface area contributed by atoms with E-state index in [-0.39, 0.29) is 5.78 Å². The van der Waals surface area contributed by atoms with Gasteiger partial charge in [-0.15, -0.1) is 0 Å². The van der Waals surface area contributed by atoms with Crippen molar-refractivity contribution in [3.63, 3.8) is 0 Å². The van der Waals surface area contributed by atoms with Crippen molar-refractivity contribution in [2.45, 2.75) is 20.8 Å². The smallest absolute Gasteiger partial charge is 0.163 e. The van der Waals surface area contributed by atoms with E-state index in [0.29, 0.717) is 17.9 Å². The molecule has 0 bridgehead atoms. The number of benzene rings is 1. The van der Waals surface area contributed by atoms with Crippen LogP contribution < -0.4 is 4.74 Å². The Kier molecular flexibility index (Phi) is 3.69. The third kappa shape index (κ3) is 2.15. The molecule has 76 valence electrons. The van der Waals surface area contributed by atoms with Crippen LogP contribution in [0.2, 0.25) is 0 Å². The van der Waals surface area contributed by atoms with Gasteiger partial charge >= 0.3 is 0 Å². The third-order valence-electron chi connectivity index (χ3n) is 2.01. The summed E-state index contributed by atoms with van der Waals surface area (Å²) in [6.45, 7) is 5.93. The Morgan fingerprint density at radius 1 is 1.50 bits per heavy atom. The van der Waals surface area contributed by atoms with E-state index < -0.39 is 0 Å². The number of halogens is 1. The van der Waals surface area contributed by atoms with E-state index in [1.165, 1.54) is 0 Å². The molecule has 0 aliphatic rings. The lowest BCUT2D eigenvalue weighted by molar-refractivity contribution is 0.101. The second kappa shape index (κ2) is 4.60. The van der Waals surface area contributed by atoms with Crippen molar-refractivity contribution < 1.29 is 9.53 Å². The summed E-state index contributed by atoms with van der Waals surface area (Å²) < 4.78 is 6.33. The van der Waals surface area contributed by atoms with E-state index in [1.807, 2.05) is 26.0 Å². The summed E-state index contributed by atoms with van der Waals surface area (Å²) in [6, 6.07) is 3.71. The molecule has 0 aromatic heterocycles. The molecule has 2 nitrogen and oxygen atoms in total. The van der Waals surface area contributed by atoms with Gasteiger partial charge in [-0.05, 0) is 38.5 Å². The molecule has 0 N–H and O–H groups in total. The molecule has 0 unspecified atom stereocenters. The zero-order valence-corrected chi connectivity index (χ0v) is 10.1. The summed E-state index contributed by atoms with van der Waals surface area (Å²) in [7, 11) is 0. The van der Waals surface area contributed by atoms with Crippen molar-refractivity contribution >= 4 is 21.7 Å². The van der Waals surface area contributed by atoms with Crippen LogP contribution in [0.3, 0.4) is 0 Å². The first-order valence-electron chi connectivity index (χ1n) is 4.50.